The Balaban J connectivity index is 0.811. The van der Waals surface area contributed by atoms with E-state index in [2.05, 4.69) is 30.2 Å². The molecule has 0 radical (unpaired) electrons. The van der Waals surface area contributed by atoms with Crippen molar-refractivity contribution in [1.82, 2.24) is 5.32 Å². The fourth-order valence-corrected chi connectivity index (χ4v) is 14.0. The van der Waals surface area contributed by atoms with Crippen LogP contribution in [0.4, 0.5) is 0 Å². The summed E-state index contributed by atoms with van der Waals surface area (Å²) in [6.07, 6.45) is 20.7. The van der Waals surface area contributed by atoms with Crippen LogP contribution in [-0.4, -0.2) is 57.5 Å². The van der Waals surface area contributed by atoms with Gasteiger partial charge in [-0.25, -0.2) is 0 Å². The van der Waals surface area contributed by atoms with Gasteiger partial charge in [0.05, 0.1) is 35.9 Å². The quantitative estimate of drug-likeness (QED) is 0.0651. The first-order valence-electron chi connectivity index (χ1n) is 21.3. The number of nitrogens with two attached hydrogens (primary N) is 1. The van der Waals surface area contributed by atoms with Crippen molar-refractivity contribution >= 4 is 16.7 Å². The van der Waals surface area contributed by atoms with Gasteiger partial charge in [-0.1, -0.05) is 37.3 Å². The summed E-state index contributed by atoms with van der Waals surface area (Å²) in [4.78, 5) is 4.56. The highest BCUT2D eigenvalue weighted by Gasteiger charge is 2.67. The molecule has 53 heavy (non-hydrogen) atoms. The minimum Gasteiger partial charge on any atom is -0.471 e. The van der Waals surface area contributed by atoms with Crippen LogP contribution in [0.25, 0.3) is 10.8 Å². The van der Waals surface area contributed by atoms with Crippen LogP contribution in [0.2, 0.25) is 0 Å². The Morgan fingerprint density at radius 2 is 1.79 bits per heavy atom. The van der Waals surface area contributed by atoms with Crippen LogP contribution in [-0.2, 0) is 11.2 Å². The summed E-state index contributed by atoms with van der Waals surface area (Å²) < 4.78 is 12.2. The molecule has 2 heterocycles. The summed E-state index contributed by atoms with van der Waals surface area (Å²) in [6, 6.07) is 6.19. The molecule has 6 N–H and O–H groups in total. The predicted molar refractivity (Wildman–Crippen MR) is 208 cm³/mol. The summed E-state index contributed by atoms with van der Waals surface area (Å²) in [6.45, 7) is 10.3. The van der Waals surface area contributed by atoms with Gasteiger partial charge in [0.15, 0.2) is 5.96 Å². The predicted octanol–water partition coefficient (Wildman–Crippen LogP) is 7.63. The largest absolute Gasteiger partial charge is 0.471 e. The van der Waals surface area contributed by atoms with Gasteiger partial charge in [0, 0.05) is 35.1 Å². The number of nitrogens with zero attached hydrogens (tertiary/aromatic N) is 1. The molecular weight excluding hydrogens is 663 g/mol. The molecular formula is C45H65N3O5. The Morgan fingerprint density at radius 3 is 2.66 bits per heavy atom. The van der Waals surface area contributed by atoms with Crippen molar-refractivity contribution in [3.8, 4) is 0 Å². The Bertz CT molecular complexity index is 1720. The fourth-order valence-electron chi connectivity index (χ4n) is 14.0. The van der Waals surface area contributed by atoms with E-state index in [9.17, 15) is 15.3 Å². The summed E-state index contributed by atoms with van der Waals surface area (Å²) >= 11 is 0. The zero-order valence-corrected chi connectivity index (χ0v) is 32.3. The van der Waals surface area contributed by atoms with Gasteiger partial charge >= 0.3 is 0 Å². The first-order valence-corrected chi connectivity index (χ1v) is 21.3. The van der Waals surface area contributed by atoms with E-state index in [1.807, 2.05) is 12.1 Å². The number of aliphatic hydroxyl groups is 3. The Labute approximate surface area is 316 Å². The lowest BCUT2D eigenvalue weighted by Crippen LogP contribution is -2.51. The summed E-state index contributed by atoms with van der Waals surface area (Å²) in [5.74, 6) is 3.82. The zero-order chi connectivity index (χ0) is 36.8. The third-order valence-electron chi connectivity index (χ3n) is 17.0. The fraction of sp³-hybridized carbons (Fsp3) is 0.756. The molecule has 1 spiro atoms. The number of allylic oxidation sites excluding steroid dienone is 1. The van der Waals surface area contributed by atoms with Gasteiger partial charge in [-0.2, -0.15) is 0 Å². The second-order valence-electron chi connectivity index (χ2n) is 19.9. The van der Waals surface area contributed by atoms with E-state index < -0.39 is 11.8 Å². The molecule has 0 unspecified atom stereocenters. The monoisotopic (exact) mass is 727 g/mol. The highest BCUT2D eigenvalue weighted by Crippen LogP contribution is 2.69. The van der Waals surface area contributed by atoms with E-state index in [1.54, 1.807) is 12.5 Å². The number of guanidine groups is 1. The van der Waals surface area contributed by atoms with Gasteiger partial charge in [0.25, 0.3) is 0 Å². The van der Waals surface area contributed by atoms with Crippen molar-refractivity contribution in [3.63, 3.8) is 0 Å². The third kappa shape index (κ3) is 6.39. The van der Waals surface area contributed by atoms with Crippen molar-refractivity contribution in [2.75, 3.05) is 6.54 Å². The van der Waals surface area contributed by atoms with E-state index in [1.165, 1.54) is 49.7 Å². The number of rotatable bonds is 7. The highest BCUT2D eigenvalue weighted by atomic mass is 16.6. The van der Waals surface area contributed by atoms with Gasteiger partial charge in [-0.15, -0.1) is 0 Å². The Morgan fingerprint density at radius 1 is 0.981 bits per heavy atom. The molecule has 1 aromatic heterocycles. The van der Waals surface area contributed by atoms with Gasteiger partial charge in [0.2, 0.25) is 0 Å². The van der Waals surface area contributed by atoms with Crippen LogP contribution in [0.3, 0.4) is 0 Å². The molecule has 0 bridgehead atoms. The van der Waals surface area contributed by atoms with E-state index in [0.29, 0.717) is 60.5 Å². The van der Waals surface area contributed by atoms with Crippen LogP contribution < -0.4 is 11.1 Å². The normalized spacial score (nSPS) is 46.1. The molecule has 0 amide bonds. The van der Waals surface area contributed by atoms with Crippen molar-refractivity contribution in [1.29, 1.82) is 0 Å². The van der Waals surface area contributed by atoms with Gasteiger partial charge < -0.3 is 35.5 Å². The van der Waals surface area contributed by atoms with Crippen LogP contribution in [0.5, 0.6) is 0 Å². The molecule has 7 aliphatic rings. The molecule has 8 heteroatoms. The number of hydrogen-bond donors (Lipinski definition) is 5. The Hall–Kier alpha value is -2.39. The molecule has 1 aliphatic heterocycles. The third-order valence-corrected chi connectivity index (χ3v) is 17.0. The maximum Gasteiger partial charge on any atom is 0.190 e. The number of ether oxygens (including phenoxy) is 1. The standard InChI is InChI=1S/C45H65N3O5/c1-27-20-44(17-13-31(21-44)30-8-9-33-11-12-35(49)23-45(33,51)22-30)40-43(3,53-40)16-14-38-36(27)24-42(38,2)34-10-7-29(19-34)39(50)48-41(46)47-18-15-28-5-4-6-32-25-52-26-37(28)32/h4-6,25-26,29-31,33-36,38-40,49-51H,1,7-24H2,2-3H3,(H3,46,47,48)/t29-,30-,31-,33+,34-,35-,36+,38-,39-,40+,42+,43+,44+,45+/m0/s1. The Kier molecular flexibility index (Phi) is 9.15. The van der Waals surface area contributed by atoms with Crippen LogP contribution in [0, 0.1) is 52.3 Å². The molecule has 14 atom stereocenters. The number of furan rings is 1. The SMILES string of the molecule is C=C1C[C@@]2(CC[C@H]([C@H]3CC[C@@H]4CC[C@H](O)C[C@]4(O)C3)C2)[C@@H]2O[C@]2(C)CC[C@H]2[C@@H]1C[C@]2(C)[C@H]1CC[C@H]([C@H](O)NC(N)=NCCc2cccc3cocc23)C1. The van der Waals surface area contributed by atoms with Crippen molar-refractivity contribution in [2.24, 2.45) is 63.0 Å². The second-order valence-corrected chi connectivity index (χ2v) is 19.9. The maximum atomic E-state index is 11.7. The molecule has 7 fully saturated rings. The number of aliphatic imine (C=N–C) groups is 1. The van der Waals surface area contributed by atoms with Crippen molar-refractivity contribution < 1.29 is 24.5 Å². The minimum atomic E-state index is -0.690. The molecule has 1 saturated heterocycles. The molecule has 1 aromatic carbocycles. The van der Waals surface area contributed by atoms with Crippen LogP contribution in [0.1, 0.15) is 122 Å². The summed E-state index contributed by atoms with van der Waals surface area (Å²) in [7, 11) is 0. The van der Waals surface area contributed by atoms with E-state index >= 15 is 0 Å². The van der Waals surface area contributed by atoms with E-state index in [-0.39, 0.29) is 28.5 Å². The molecule has 290 valence electrons. The first-order chi connectivity index (χ1) is 25.4. The number of nitrogens with one attached hydrogen (secondary N) is 1. The maximum absolute atomic E-state index is 11.7. The molecule has 6 aliphatic carbocycles. The molecule has 6 saturated carbocycles. The number of hydrogen-bond acceptors (Lipinski definition) is 6. The lowest BCUT2D eigenvalue weighted by Gasteiger charge is -2.58. The van der Waals surface area contributed by atoms with Crippen molar-refractivity contribution in [2.45, 2.75) is 153 Å². The first kappa shape index (κ1) is 36.3. The number of aliphatic hydroxyl groups excluding tert-OH is 2. The summed E-state index contributed by atoms with van der Waals surface area (Å²) in [5, 5.41) is 38.8. The summed E-state index contributed by atoms with van der Waals surface area (Å²) in [5.41, 5.74) is 8.66. The molecule has 2 aromatic rings. The highest BCUT2D eigenvalue weighted by molar-refractivity contribution is 5.84. The smallest absolute Gasteiger partial charge is 0.190 e. The van der Waals surface area contributed by atoms with E-state index in [0.717, 1.165) is 75.0 Å². The van der Waals surface area contributed by atoms with Crippen LogP contribution in [0.15, 0.2) is 52.3 Å². The van der Waals surface area contributed by atoms with E-state index in [4.69, 9.17) is 21.5 Å². The van der Waals surface area contributed by atoms with Gasteiger partial charge in [0.1, 0.15) is 6.23 Å². The topological polar surface area (TPSA) is 137 Å². The lowest BCUT2D eigenvalue weighted by atomic mass is 9.46. The number of benzene rings is 1. The zero-order valence-electron chi connectivity index (χ0n) is 32.3. The lowest BCUT2D eigenvalue weighted by molar-refractivity contribution is -0.127. The second kappa shape index (κ2) is 13.4. The van der Waals surface area contributed by atoms with Gasteiger partial charge in [-0.05, 0) is 156 Å². The minimum absolute atomic E-state index is 0.0376. The van der Waals surface area contributed by atoms with Crippen molar-refractivity contribution in [3.05, 3.63) is 48.4 Å². The average Bonchev–Trinajstić information content (AvgIpc) is 3.59. The molecule has 8 nitrogen and oxygen atoms in total. The number of epoxide rings is 1. The molecule has 9 rings (SSSR count). The average molecular weight is 728 g/mol. The number of fused-ring (bicyclic) bond motifs is 5. The van der Waals surface area contributed by atoms with Gasteiger partial charge in [-0.3, -0.25) is 4.99 Å². The van der Waals surface area contributed by atoms with Crippen LogP contribution >= 0.6 is 0 Å².